The predicted molar refractivity (Wildman–Crippen MR) is 135 cm³/mol. The Balaban J connectivity index is 2.22. The highest BCUT2D eigenvalue weighted by Gasteiger charge is 2.54. The summed E-state index contributed by atoms with van der Waals surface area (Å²) in [6, 6.07) is 6.50. The minimum absolute atomic E-state index is 0.0466. The number of aliphatic hydroxyl groups excluding tert-OH is 1. The number of aliphatic hydroxyl groups is 1. The highest BCUT2D eigenvalue weighted by Crippen LogP contribution is 2.47. The Kier molecular flexibility index (Phi) is 7.35. The second-order valence-electron chi connectivity index (χ2n) is 9.14. The molecule has 0 atom stereocenters. The van der Waals surface area contributed by atoms with Crippen molar-refractivity contribution in [3.05, 3.63) is 50.1 Å². The summed E-state index contributed by atoms with van der Waals surface area (Å²) in [5, 5.41) is 9.33. The molecule has 0 saturated heterocycles. The van der Waals surface area contributed by atoms with Gasteiger partial charge < -0.3 is 9.84 Å². The van der Waals surface area contributed by atoms with E-state index >= 15 is 4.39 Å². The van der Waals surface area contributed by atoms with Crippen LogP contribution in [0.15, 0.2) is 35.1 Å². The largest absolute Gasteiger partial charge is 0.443 e. The van der Waals surface area contributed by atoms with Crippen molar-refractivity contribution >= 4 is 55.9 Å². The summed E-state index contributed by atoms with van der Waals surface area (Å²) in [4.78, 5) is 26.7. The van der Waals surface area contributed by atoms with E-state index < -0.39 is 37.8 Å². The van der Waals surface area contributed by atoms with Gasteiger partial charge in [0, 0.05) is 23.3 Å². The van der Waals surface area contributed by atoms with Gasteiger partial charge in [0.15, 0.2) is 0 Å². The normalized spacial score (nSPS) is 15.0. The van der Waals surface area contributed by atoms with Gasteiger partial charge in [-0.05, 0) is 86.9 Å². The molecule has 0 spiro atoms. The third-order valence-corrected chi connectivity index (χ3v) is 8.32. The van der Waals surface area contributed by atoms with Crippen molar-refractivity contribution in [2.24, 2.45) is 7.05 Å². The summed E-state index contributed by atoms with van der Waals surface area (Å²) in [5.41, 5.74) is -1.82. The molecule has 3 rings (SSSR count). The Bertz CT molecular complexity index is 1270. The second-order valence-corrected chi connectivity index (χ2v) is 12.5. The Morgan fingerprint density at radius 3 is 2.47 bits per heavy atom. The minimum atomic E-state index is -4.01. The fourth-order valence-corrected chi connectivity index (χ4v) is 5.61. The number of pyridine rings is 1. The lowest BCUT2D eigenvalue weighted by molar-refractivity contribution is 0.0596. The van der Waals surface area contributed by atoms with E-state index in [1.54, 1.807) is 26.8 Å². The molecule has 1 aliphatic rings. The molecule has 0 radical (unpaired) electrons. The first kappa shape index (κ1) is 26.4. The van der Waals surface area contributed by atoms with E-state index in [2.05, 4.69) is 4.72 Å². The summed E-state index contributed by atoms with van der Waals surface area (Å²) in [7, 11) is -2.66. The Morgan fingerprint density at radius 2 is 1.94 bits per heavy atom. The van der Waals surface area contributed by atoms with E-state index in [-0.39, 0.29) is 30.2 Å². The van der Waals surface area contributed by atoms with Gasteiger partial charge in [-0.3, -0.25) is 14.1 Å². The third kappa shape index (κ3) is 5.38. The van der Waals surface area contributed by atoms with Gasteiger partial charge in [-0.2, -0.15) is 0 Å². The molecular formula is C22H27FIN3O6S. The lowest BCUT2D eigenvalue weighted by Crippen LogP contribution is -2.38. The van der Waals surface area contributed by atoms with E-state index in [1.807, 2.05) is 22.6 Å². The Hall–Kier alpha value is -2.19. The van der Waals surface area contributed by atoms with Gasteiger partial charge in [0.05, 0.1) is 16.1 Å². The minimum Gasteiger partial charge on any atom is -0.443 e. The van der Waals surface area contributed by atoms with Crippen LogP contribution in [0, 0.1) is 9.39 Å². The molecular weight excluding hydrogens is 580 g/mol. The molecule has 0 unspecified atom stereocenters. The molecule has 34 heavy (non-hydrogen) atoms. The molecule has 1 aromatic carbocycles. The molecule has 2 aromatic rings. The summed E-state index contributed by atoms with van der Waals surface area (Å²) >= 11 is 1.92. The number of carbonyl (C=O) groups is 1. The van der Waals surface area contributed by atoms with Crippen molar-refractivity contribution in [3.8, 4) is 0 Å². The van der Waals surface area contributed by atoms with Gasteiger partial charge in [-0.25, -0.2) is 22.5 Å². The number of nitrogens with one attached hydrogen (secondary N) is 1. The summed E-state index contributed by atoms with van der Waals surface area (Å²) in [6.45, 7) is 4.59. The van der Waals surface area contributed by atoms with Crippen molar-refractivity contribution < 1.29 is 27.4 Å². The molecule has 0 aliphatic heterocycles. The molecule has 1 aromatic heterocycles. The van der Waals surface area contributed by atoms with Gasteiger partial charge in [-0.15, -0.1) is 0 Å². The molecule has 1 saturated carbocycles. The third-order valence-electron chi connectivity index (χ3n) is 5.41. The van der Waals surface area contributed by atoms with Crippen LogP contribution >= 0.6 is 22.6 Å². The molecule has 9 nitrogen and oxygen atoms in total. The van der Waals surface area contributed by atoms with Crippen LogP contribution in [0.2, 0.25) is 0 Å². The number of rotatable bonds is 7. The number of benzene rings is 1. The van der Waals surface area contributed by atoms with Crippen molar-refractivity contribution in [3.63, 3.8) is 0 Å². The van der Waals surface area contributed by atoms with Crippen LogP contribution < -0.4 is 15.2 Å². The van der Waals surface area contributed by atoms with E-state index in [0.29, 0.717) is 16.4 Å². The highest BCUT2D eigenvalue weighted by atomic mass is 127. The van der Waals surface area contributed by atoms with Crippen LogP contribution in [0.25, 0.3) is 0 Å². The van der Waals surface area contributed by atoms with Crippen molar-refractivity contribution in [1.29, 1.82) is 0 Å². The van der Waals surface area contributed by atoms with E-state index in [9.17, 15) is 23.1 Å². The standard InChI is InChI=1S/C22H27FIN3O6S/c1-21(2,3)33-20(30)27(17-7-5-14(24)13-15(17)23)19-16(6-8-18(29)26(19)4)25-34(31,32)22(9-10-22)11-12-28/h5-8,13,25,28H,9-12H2,1-4H3. The number of hydrogen-bond acceptors (Lipinski definition) is 6. The van der Waals surface area contributed by atoms with E-state index in [0.717, 1.165) is 15.5 Å². The van der Waals surface area contributed by atoms with Gasteiger partial charge in [0.1, 0.15) is 17.2 Å². The number of sulfonamides is 1. The summed E-state index contributed by atoms with van der Waals surface area (Å²) in [5.74, 6) is -0.966. The first-order valence-corrected chi connectivity index (χ1v) is 13.1. The van der Waals surface area contributed by atoms with Crippen LogP contribution in [0.5, 0.6) is 0 Å². The topological polar surface area (TPSA) is 118 Å². The number of aromatic nitrogens is 1. The van der Waals surface area contributed by atoms with Crippen molar-refractivity contribution in [1.82, 2.24) is 4.57 Å². The average molecular weight is 607 g/mol. The lowest BCUT2D eigenvalue weighted by Gasteiger charge is -2.30. The first-order chi connectivity index (χ1) is 15.7. The number of carbonyl (C=O) groups excluding carboxylic acids is 1. The maximum Gasteiger partial charge on any atom is 0.420 e. The van der Waals surface area contributed by atoms with Crippen molar-refractivity contribution in [2.45, 2.75) is 50.4 Å². The molecule has 1 amide bonds. The zero-order valence-corrected chi connectivity index (χ0v) is 22.2. The zero-order chi connectivity index (χ0) is 25.5. The number of hydrogen-bond donors (Lipinski definition) is 2. The van der Waals surface area contributed by atoms with Crippen molar-refractivity contribution in [2.75, 3.05) is 16.2 Å². The molecule has 1 fully saturated rings. The SMILES string of the molecule is Cn1c(N(C(=O)OC(C)(C)C)c2ccc(I)cc2F)c(NS(=O)(=O)C2(CCO)CC2)ccc1=O. The number of nitrogens with zero attached hydrogens (tertiary/aromatic N) is 2. The number of ether oxygens (including phenoxy) is 1. The van der Waals surface area contributed by atoms with Gasteiger partial charge in [-0.1, -0.05) is 0 Å². The van der Waals surface area contributed by atoms with Crippen LogP contribution in [-0.4, -0.2) is 41.1 Å². The van der Waals surface area contributed by atoms with E-state index in [4.69, 9.17) is 4.74 Å². The lowest BCUT2D eigenvalue weighted by atomic mass is 10.2. The fourth-order valence-electron chi connectivity index (χ4n) is 3.49. The Morgan fingerprint density at radius 1 is 1.29 bits per heavy atom. The van der Waals surface area contributed by atoms with Crippen LogP contribution in [-0.2, 0) is 21.8 Å². The number of anilines is 3. The van der Waals surface area contributed by atoms with Crippen LogP contribution in [0.4, 0.5) is 26.4 Å². The zero-order valence-electron chi connectivity index (χ0n) is 19.3. The van der Waals surface area contributed by atoms with Gasteiger partial charge in [0.2, 0.25) is 10.0 Å². The fraction of sp³-hybridized carbons (Fsp3) is 0.455. The smallest absolute Gasteiger partial charge is 0.420 e. The second kappa shape index (κ2) is 9.46. The molecule has 186 valence electrons. The van der Waals surface area contributed by atoms with Crippen LogP contribution in [0.1, 0.15) is 40.0 Å². The highest BCUT2D eigenvalue weighted by molar-refractivity contribution is 14.1. The molecule has 12 heteroatoms. The van der Waals surface area contributed by atoms with E-state index in [1.165, 1.54) is 25.2 Å². The maximum atomic E-state index is 15.1. The molecule has 0 bridgehead atoms. The van der Waals surface area contributed by atoms with Gasteiger partial charge >= 0.3 is 6.09 Å². The average Bonchev–Trinajstić information content (AvgIpc) is 3.49. The number of halogens is 2. The number of amides is 1. The molecule has 1 heterocycles. The maximum absolute atomic E-state index is 15.1. The quantitative estimate of drug-likeness (QED) is 0.462. The monoisotopic (exact) mass is 607 g/mol. The molecule has 2 N–H and O–H groups in total. The van der Waals surface area contributed by atoms with Crippen LogP contribution in [0.3, 0.4) is 0 Å². The summed E-state index contributed by atoms with van der Waals surface area (Å²) in [6.07, 6.45) is -0.215. The predicted octanol–water partition coefficient (Wildman–Crippen LogP) is 3.86. The summed E-state index contributed by atoms with van der Waals surface area (Å²) < 4.78 is 49.9. The Labute approximate surface area is 211 Å². The van der Waals surface area contributed by atoms with Gasteiger partial charge in [0.25, 0.3) is 5.56 Å². The first-order valence-electron chi connectivity index (χ1n) is 10.5. The molecule has 1 aliphatic carbocycles.